The highest BCUT2D eigenvalue weighted by molar-refractivity contribution is 6.03. The zero-order valence-electron chi connectivity index (χ0n) is 61.9. The van der Waals surface area contributed by atoms with Crippen molar-refractivity contribution in [1.82, 2.24) is 69.2 Å². The Kier molecular flexibility index (Phi) is 23.6. The Labute approximate surface area is 625 Å². The summed E-state index contributed by atoms with van der Waals surface area (Å²) in [4.78, 5) is 60.5. The van der Waals surface area contributed by atoms with E-state index in [1.165, 1.54) is 34.4 Å². The van der Waals surface area contributed by atoms with Crippen molar-refractivity contribution in [2.45, 2.75) is 58.8 Å². The summed E-state index contributed by atoms with van der Waals surface area (Å²) in [5, 5.41) is 36.2. The summed E-state index contributed by atoms with van der Waals surface area (Å²) in [5.74, 6) is 0.216. The maximum atomic E-state index is 13.8. The highest BCUT2D eigenvalue weighted by Crippen LogP contribution is 2.37. The molecule has 0 atom stereocenters. The first-order valence-electron chi connectivity index (χ1n) is 36.5. The number of likely N-dealkylation sites (N-methyl/N-ethyl adjacent to an activating group) is 2. The van der Waals surface area contributed by atoms with E-state index in [2.05, 4.69) is 133 Å². The van der Waals surface area contributed by atoms with Crippen LogP contribution >= 0.6 is 0 Å². The number of carbonyl (C=O) groups excluding carboxylic acids is 3. The predicted octanol–water partition coefficient (Wildman–Crippen LogP) is 14.8. The normalized spacial score (nSPS) is 14.7. The summed E-state index contributed by atoms with van der Waals surface area (Å²) in [6.07, 6.45) is 14.8. The number of aromatic nitrogens is 9. The van der Waals surface area contributed by atoms with Crippen LogP contribution in [0.4, 0.5) is 61.7 Å². The molecule has 3 fully saturated rings. The monoisotopic (exact) mass is 1460 g/mol. The average molecular weight is 1460 g/mol. The zero-order valence-corrected chi connectivity index (χ0v) is 61.9. The van der Waals surface area contributed by atoms with Gasteiger partial charge in [0, 0.05) is 172 Å². The summed E-state index contributed by atoms with van der Waals surface area (Å²) in [5.41, 5.74) is 17.0. The number of carbonyl (C=O) groups is 3. The number of nitrogens with one attached hydrogen (secondary N) is 7. The summed E-state index contributed by atoms with van der Waals surface area (Å²) in [6, 6.07) is 37.9. The second-order valence-electron chi connectivity index (χ2n) is 28.0. The summed E-state index contributed by atoms with van der Waals surface area (Å²) >= 11 is 0. The van der Waals surface area contributed by atoms with Crippen LogP contribution in [0, 0.1) is 12.8 Å². The third-order valence-electron chi connectivity index (χ3n) is 20.5. The van der Waals surface area contributed by atoms with Crippen molar-refractivity contribution < 1.29 is 27.6 Å². The lowest BCUT2D eigenvalue weighted by molar-refractivity contribution is -0.138. The van der Waals surface area contributed by atoms with Gasteiger partial charge in [-0.1, -0.05) is 61.5 Å². The number of piperazine rings is 2. The number of hydrogen-bond acceptors (Lipinski definition) is 14. The van der Waals surface area contributed by atoms with Gasteiger partial charge in [0.2, 0.25) is 0 Å². The predicted molar refractivity (Wildman–Crippen MR) is 423 cm³/mol. The number of fused-ring (bicyclic) bond motifs is 3. The molecule has 0 spiro atoms. The molecule has 6 aromatic heterocycles. The van der Waals surface area contributed by atoms with Crippen LogP contribution in [0.3, 0.4) is 0 Å². The molecule has 15 rings (SSSR count). The molecule has 12 aromatic rings. The second kappa shape index (κ2) is 34.0. The van der Waals surface area contributed by atoms with Crippen LogP contribution in [0.2, 0.25) is 0 Å². The number of benzene rings is 6. The van der Waals surface area contributed by atoms with Crippen LogP contribution in [-0.2, 0) is 53.3 Å². The number of alkyl halides is 3. The van der Waals surface area contributed by atoms with Gasteiger partial charge in [0.25, 0.3) is 0 Å². The fourth-order valence-electron chi connectivity index (χ4n) is 14.1. The molecule has 6 aromatic carbocycles. The molecule has 26 heteroatoms. The Morgan fingerprint density at radius 2 is 0.778 bits per heavy atom. The van der Waals surface area contributed by atoms with Crippen LogP contribution in [0.1, 0.15) is 53.1 Å². The molecule has 0 aliphatic carbocycles. The summed E-state index contributed by atoms with van der Waals surface area (Å²) in [7, 11) is 10.0. The Bertz CT molecular complexity index is 5110. The second-order valence-corrected chi connectivity index (χ2v) is 28.0. The molecule has 0 saturated carbocycles. The van der Waals surface area contributed by atoms with Gasteiger partial charge in [-0.3, -0.25) is 38.8 Å². The van der Waals surface area contributed by atoms with Gasteiger partial charge in [-0.15, -0.1) is 0 Å². The number of aryl methyl sites for hydroxylation is 5. The molecule has 0 radical (unpaired) electrons. The van der Waals surface area contributed by atoms with Gasteiger partial charge in [0.15, 0.2) is 0 Å². The van der Waals surface area contributed by atoms with Crippen molar-refractivity contribution >= 4 is 84.9 Å². The Morgan fingerprint density at radius 3 is 1.17 bits per heavy atom. The minimum absolute atomic E-state index is 0.0878. The lowest BCUT2D eigenvalue weighted by Crippen LogP contribution is -2.44. The molecule has 3 saturated heterocycles. The van der Waals surface area contributed by atoms with E-state index < -0.39 is 17.8 Å². The molecule has 23 nitrogen and oxygen atoms in total. The third-order valence-corrected chi connectivity index (χ3v) is 20.5. The minimum Gasteiger partial charge on any atom is -0.317 e. The minimum atomic E-state index is -4.50. The fraction of sp³-hybridized carbons (Fsp3) is 0.305. The van der Waals surface area contributed by atoms with Crippen molar-refractivity contribution in [2.75, 3.05) is 111 Å². The zero-order chi connectivity index (χ0) is 75.4. The number of rotatable bonds is 16. The molecule has 558 valence electrons. The van der Waals surface area contributed by atoms with Crippen molar-refractivity contribution in [3.63, 3.8) is 0 Å². The molecule has 3 aliphatic rings. The van der Waals surface area contributed by atoms with Crippen LogP contribution in [0.15, 0.2) is 183 Å². The van der Waals surface area contributed by atoms with Crippen LogP contribution in [0.25, 0.3) is 66.1 Å². The van der Waals surface area contributed by atoms with Crippen molar-refractivity contribution in [2.24, 2.45) is 27.1 Å². The fourth-order valence-corrected chi connectivity index (χ4v) is 14.1. The van der Waals surface area contributed by atoms with E-state index in [0.717, 1.165) is 193 Å². The van der Waals surface area contributed by atoms with Gasteiger partial charge < -0.3 is 47.0 Å². The van der Waals surface area contributed by atoms with Crippen molar-refractivity contribution in [1.29, 1.82) is 0 Å². The van der Waals surface area contributed by atoms with Crippen molar-refractivity contribution in [3.8, 4) is 33.4 Å². The first-order valence-corrected chi connectivity index (χ1v) is 36.5. The van der Waals surface area contributed by atoms with Crippen molar-refractivity contribution in [3.05, 3.63) is 217 Å². The van der Waals surface area contributed by atoms with E-state index in [-0.39, 0.29) is 29.2 Å². The largest absolute Gasteiger partial charge is 0.416 e. The number of halogens is 3. The molecule has 9 heterocycles. The smallest absolute Gasteiger partial charge is 0.317 e. The topological polar surface area (TPSA) is 241 Å². The number of pyridine rings is 3. The number of urea groups is 3. The standard InChI is InChI=1S/C28H33N7O.C27H27F3N6O.C27H31N7O/c1-4-20-15-24(10-7-22(20)19-35-13-11-33(2)12-14-35)32-28(36)31-23-8-5-21(6-9-23)25-16-29-18-27-26(25)17-30-34(27)3;1-36-25-16-32-14-22(23(25)15-33-36)18-2-5-20(6-3-18)34-26(37)35-21-7-4-19(24(13-21)27(28,29)30)12-17-8-10-31-11-9-17;1-19-14-23(9-6-21(19)18-34-12-10-32(2)11-13-34)31-27(35)30-22-7-4-20(5-8-22)24-15-28-17-26-25(24)16-29-33(26)3/h5-10,15-18H,4,11-14,19H2,1-3H3,(H2,31,32,36);2-7,13-17,31H,8-12H2,1H3,(H2,34,35,37);4-9,14-17H,10-13,18H2,1-3H3,(H2,30,31,35). The van der Waals surface area contributed by atoms with E-state index in [1.807, 2.05) is 147 Å². The van der Waals surface area contributed by atoms with Crippen LogP contribution < -0.4 is 37.2 Å². The molecular formula is C82H91F3N20O3. The third kappa shape index (κ3) is 18.7. The molecule has 3 aliphatic heterocycles. The molecule has 7 N–H and O–H groups in total. The highest BCUT2D eigenvalue weighted by Gasteiger charge is 2.35. The van der Waals surface area contributed by atoms with E-state index in [1.54, 1.807) is 35.4 Å². The molecule has 0 bridgehead atoms. The lowest BCUT2D eigenvalue weighted by atomic mass is 9.89. The Balaban J connectivity index is 0.000000143. The van der Waals surface area contributed by atoms with Gasteiger partial charge in [-0.05, 0) is 183 Å². The Morgan fingerprint density at radius 1 is 0.426 bits per heavy atom. The lowest BCUT2D eigenvalue weighted by Gasteiger charge is -2.32. The van der Waals surface area contributed by atoms with Gasteiger partial charge in [-0.25, -0.2) is 14.4 Å². The molecular weight excluding hydrogens is 1370 g/mol. The number of amides is 6. The number of piperidine rings is 1. The van der Waals surface area contributed by atoms with E-state index >= 15 is 0 Å². The maximum absolute atomic E-state index is 13.8. The molecule has 6 amide bonds. The van der Waals surface area contributed by atoms with Crippen LogP contribution in [-0.4, -0.2) is 162 Å². The van der Waals surface area contributed by atoms with E-state index in [9.17, 15) is 27.6 Å². The number of nitrogens with zero attached hydrogens (tertiary/aromatic N) is 13. The van der Waals surface area contributed by atoms with E-state index in [4.69, 9.17) is 0 Å². The molecule has 108 heavy (non-hydrogen) atoms. The maximum Gasteiger partial charge on any atom is 0.416 e. The average Bonchev–Trinajstić information content (AvgIpc) is 1.76. The van der Waals surface area contributed by atoms with E-state index in [0.29, 0.717) is 12.1 Å². The number of hydrogen-bond donors (Lipinski definition) is 7. The number of anilines is 6. The van der Waals surface area contributed by atoms with Gasteiger partial charge in [0.1, 0.15) is 0 Å². The summed E-state index contributed by atoms with van der Waals surface area (Å²) in [6.45, 7) is 16.6. The first-order chi connectivity index (χ1) is 52.2. The van der Waals surface area contributed by atoms with Gasteiger partial charge in [0.05, 0.1) is 59.3 Å². The van der Waals surface area contributed by atoms with Gasteiger partial charge >= 0.3 is 24.3 Å². The highest BCUT2D eigenvalue weighted by atomic mass is 19.4. The summed E-state index contributed by atoms with van der Waals surface area (Å²) < 4.78 is 46.8. The first kappa shape index (κ1) is 74.8. The van der Waals surface area contributed by atoms with Crippen LogP contribution in [0.5, 0.6) is 0 Å². The SMILES string of the molecule is CCc1cc(NC(=O)Nc2ccc(-c3cncc4c3cnn4C)cc2)ccc1CN1CCN(C)CC1.Cc1cc(NC(=O)Nc2ccc(-c3cncc4c3cnn4C)cc2)ccc1CN1CCN(C)CC1.Cn1ncc2c(-c3ccc(NC(=O)Nc4ccc(CC5CCNCC5)c(C(F)(F)F)c4)cc3)cncc21. The molecule has 0 unspecified atom stereocenters. The quantitative estimate of drug-likeness (QED) is 0.0476. The Hall–Kier alpha value is -11.4. The van der Waals surface area contributed by atoms with Gasteiger partial charge in [-0.2, -0.15) is 28.5 Å².